The SMILES string of the molecule is C=C1/C(=C\C=C2/CCC[C@]3(C)[C@@H]([C@H](C)CC[C@@H](OC(=O)CCC)C4(c5ncc(CCCC)s5)CC4)CC[C@@H]23)C[C@@H](O)C[C@@H]1O. The molecule has 0 aromatic carbocycles. The maximum absolute atomic E-state index is 12.8. The molecule has 7 atom stereocenters. The number of unbranched alkanes of at least 4 members (excludes halogenated alkanes) is 1. The van der Waals surface area contributed by atoms with Crippen molar-refractivity contribution in [3.8, 4) is 0 Å². The first-order valence-electron chi connectivity index (χ1n) is 17.7. The lowest BCUT2D eigenvalue weighted by Crippen LogP contribution is -2.37. The number of aromatic nitrogens is 1. The van der Waals surface area contributed by atoms with E-state index in [9.17, 15) is 15.0 Å². The summed E-state index contributed by atoms with van der Waals surface area (Å²) in [6.07, 6.45) is 21.3. The zero-order valence-corrected chi connectivity index (χ0v) is 28.6. The highest BCUT2D eigenvalue weighted by Gasteiger charge is 2.56. The summed E-state index contributed by atoms with van der Waals surface area (Å²) in [7, 11) is 0. The lowest BCUT2D eigenvalue weighted by Gasteiger charge is -2.44. The monoisotopic (exact) mass is 623 g/mol. The molecule has 0 saturated heterocycles. The highest BCUT2D eigenvalue weighted by molar-refractivity contribution is 7.11. The first-order chi connectivity index (χ1) is 21.1. The fraction of sp³-hybridized carbons (Fsp3) is 0.737. The largest absolute Gasteiger partial charge is 0.461 e. The van der Waals surface area contributed by atoms with Crippen LogP contribution >= 0.6 is 11.3 Å². The van der Waals surface area contributed by atoms with Crippen LogP contribution in [0.5, 0.6) is 0 Å². The summed E-state index contributed by atoms with van der Waals surface area (Å²) in [4.78, 5) is 19.1. The molecule has 1 aromatic heterocycles. The number of carbonyl (C=O) groups is 1. The summed E-state index contributed by atoms with van der Waals surface area (Å²) < 4.78 is 6.31. The van der Waals surface area contributed by atoms with Crippen molar-refractivity contribution in [2.45, 2.75) is 154 Å². The molecule has 1 heterocycles. The van der Waals surface area contributed by atoms with Crippen LogP contribution in [0.25, 0.3) is 0 Å². The average molecular weight is 624 g/mol. The number of hydrogen-bond acceptors (Lipinski definition) is 6. The molecule has 0 amide bonds. The number of aliphatic hydroxyl groups excluding tert-OH is 2. The molecule has 5 nitrogen and oxygen atoms in total. The van der Waals surface area contributed by atoms with Gasteiger partial charge in [0.15, 0.2) is 0 Å². The highest BCUT2D eigenvalue weighted by atomic mass is 32.1. The summed E-state index contributed by atoms with van der Waals surface area (Å²) in [5, 5.41) is 21.7. The Kier molecular flexibility index (Phi) is 11.0. The Hall–Kier alpha value is -1.76. The van der Waals surface area contributed by atoms with E-state index in [-0.39, 0.29) is 22.9 Å². The third-order valence-corrected chi connectivity index (χ3v) is 13.0. The van der Waals surface area contributed by atoms with E-state index in [1.165, 1.54) is 54.0 Å². The Morgan fingerprint density at radius 1 is 1.18 bits per heavy atom. The third kappa shape index (κ3) is 7.13. The number of aliphatic hydroxyl groups is 2. The summed E-state index contributed by atoms with van der Waals surface area (Å²) in [5.41, 5.74) is 3.49. The number of ether oxygens (including phenoxy) is 1. The van der Waals surface area contributed by atoms with Crippen LogP contribution in [0.15, 0.2) is 41.6 Å². The predicted octanol–water partition coefficient (Wildman–Crippen LogP) is 8.79. The van der Waals surface area contributed by atoms with E-state index in [1.54, 1.807) is 0 Å². The standard InChI is InChI=1S/C38H57NO4S/c1-6-8-12-30-24-39-36(44-30)38(20-21-38)34(43-35(42)10-7-2)18-13-25(3)31-16-17-32-27(11-9-19-37(31,32)5)14-15-28-22-29(40)23-33(41)26(28)4/h14-15,24-25,29,31-34,40-41H,4,6-13,16-23H2,1-3,5H3/b27-14+,28-15-/t25-,29-,31-,32+,33+,34-,37-/m1/s1. The normalized spacial score (nSPS) is 32.9. The molecule has 0 spiro atoms. The fourth-order valence-corrected chi connectivity index (χ4v) is 10.2. The van der Waals surface area contributed by atoms with Crippen LogP contribution in [0.2, 0.25) is 0 Å². The van der Waals surface area contributed by atoms with E-state index in [4.69, 9.17) is 9.72 Å². The van der Waals surface area contributed by atoms with Crippen LogP contribution in [0.3, 0.4) is 0 Å². The zero-order chi connectivity index (χ0) is 31.5. The van der Waals surface area contributed by atoms with Gasteiger partial charge in [-0.25, -0.2) is 4.98 Å². The molecular formula is C38H57NO4S. The molecule has 4 aliphatic rings. The molecule has 44 heavy (non-hydrogen) atoms. The summed E-state index contributed by atoms with van der Waals surface area (Å²) in [6, 6.07) is 0. The zero-order valence-electron chi connectivity index (χ0n) is 27.8. The number of aryl methyl sites for hydroxylation is 1. The Morgan fingerprint density at radius 2 is 1.98 bits per heavy atom. The number of nitrogens with zero attached hydrogens (tertiary/aromatic N) is 1. The van der Waals surface area contributed by atoms with E-state index >= 15 is 0 Å². The van der Waals surface area contributed by atoms with Gasteiger partial charge in [-0.2, -0.15) is 0 Å². The van der Waals surface area contributed by atoms with Gasteiger partial charge in [-0.3, -0.25) is 4.79 Å². The third-order valence-electron chi connectivity index (χ3n) is 11.8. The highest BCUT2D eigenvalue weighted by Crippen LogP contribution is 2.60. The number of fused-ring (bicyclic) bond motifs is 1. The molecule has 1 aromatic rings. The van der Waals surface area contributed by atoms with Gasteiger partial charge >= 0.3 is 5.97 Å². The van der Waals surface area contributed by atoms with Gasteiger partial charge in [0.2, 0.25) is 0 Å². The van der Waals surface area contributed by atoms with Crippen molar-refractivity contribution in [3.63, 3.8) is 0 Å². The molecule has 0 bridgehead atoms. The van der Waals surface area contributed by atoms with E-state index < -0.39 is 12.2 Å². The average Bonchev–Trinajstić information content (AvgIpc) is 3.51. The second kappa shape index (κ2) is 14.3. The fourth-order valence-electron chi connectivity index (χ4n) is 8.98. The smallest absolute Gasteiger partial charge is 0.306 e. The quantitative estimate of drug-likeness (QED) is 0.215. The maximum atomic E-state index is 12.8. The van der Waals surface area contributed by atoms with E-state index in [2.05, 4.69) is 45.7 Å². The molecule has 0 radical (unpaired) electrons. The van der Waals surface area contributed by atoms with Crippen LogP contribution < -0.4 is 0 Å². The van der Waals surface area contributed by atoms with Crippen molar-refractivity contribution >= 4 is 17.3 Å². The van der Waals surface area contributed by atoms with Crippen molar-refractivity contribution in [1.29, 1.82) is 0 Å². The Labute approximate surface area is 270 Å². The minimum absolute atomic E-state index is 0.0519. The number of carbonyl (C=O) groups excluding carboxylic acids is 1. The Morgan fingerprint density at radius 3 is 2.70 bits per heavy atom. The van der Waals surface area contributed by atoms with E-state index in [0.29, 0.717) is 37.0 Å². The van der Waals surface area contributed by atoms with Crippen LogP contribution in [0.4, 0.5) is 0 Å². The number of esters is 1. The van der Waals surface area contributed by atoms with Crippen molar-refractivity contribution < 1.29 is 19.7 Å². The van der Waals surface area contributed by atoms with Gasteiger partial charge in [-0.05, 0) is 118 Å². The Balaban J connectivity index is 1.28. The van der Waals surface area contributed by atoms with Crippen LogP contribution in [0, 0.1) is 23.2 Å². The van der Waals surface area contributed by atoms with Gasteiger partial charge in [-0.15, -0.1) is 11.3 Å². The van der Waals surface area contributed by atoms with E-state index in [1.807, 2.05) is 18.3 Å². The number of hydrogen-bond donors (Lipinski definition) is 2. The van der Waals surface area contributed by atoms with Crippen molar-refractivity contribution in [1.82, 2.24) is 4.98 Å². The van der Waals surface area contributed by atoms with Crippen molar-refractivity contribution in [2.75, 3.05) is 0 Å². The minimum atomic E-state index is -0.643. The first kappa shape index (κ1) is 33.6. The molecular weight excluding hydrogens is 566 g/mol. The Bertz CT molecular complexity index is 1230. The van der Waals surface area contributed by atoms with Gasteiger partial charge in [0.1, 0.15) is 11.1 Å². The van der Waals surface area contributed by atoms with Gasteiger partial charge < -0.3 is 14.9 Å². The van der Waals surface area contributed by atoms with Crippen LogP contribution in [-0.4, -0.2) is 39.5 Å². The summed E-state index contributed by atoms with van der Waals surface area (Å²) in [6.45, 7) is 13.4. The second-order valence-corrected chi connectivity index (χ2v) is 16.0. The lowest BCUT2D eigenvalue weighted by molar-refractivity contribution is -0.151. The van der Waals surface area contributed by atoms with Gasteiger partial charge in [0, 0.05) is 23.9 Å². The predicted molar refractivity (Wildman–Crippen MR) is 180 cm³/mol. The number of allylic oxidation sites excluding steroid dienone is 3. The minimum Gasteiger partial charge on any atom is -0.461 e. The molecule has 4 saturated carbocycles. The number of rotatable bonds is 13. The lowest BCUT2D eigenvalue weighted by atomic mass is 9.60. The van der Waals surface area contributed by atoms with Crippen LogP contribution in [0.1, 0.15) is 134 Å². The van der Waals surface area contributed by atoms with Gasteiger partial charge in [0.05, 0.1) is 17.6 Å². The molecule has 0 unspecified atom stereocenters. The summed E-state index contributed by atoms with van der Waals surface area (Å²) in [5.74, 6) is 1.74. The molecule has 4 fully saturated rings. The topological polar surface area (TPSA) is 79.7 Å². The number of thiazole rings is 1. The molecule has 0 aliphatic heterocycles. The second-order valence-electron chi connectivity index (χ2n) is 14.8. The maximum Gasteiger partial charge on any atom is 0.306 e. The molecule has 2 N–H and O–H groups in total. The summed E-state index contributed by atoms with van der Waals surface area (Å²) >= 11 is 1.85. The molecule has 6 heteroatoms. The van der Waals surface area contributed by atoms with Crippen LogP contribution in [-0.2, 0) is 21.4 Å². The molecule has 5 rings (SSSR count). The molecule has 244 valence electrons. The first-order valence-corrected chi connectivity index (χ1v) is 18.5. The van der Waals surface area contributed by atoms with Crippen molar-refractivity contribution in [2.24, 2.45) is 23.2 Å². The molecule has 4 aliphatic carbocycles. The van der Waals surface area contributed by atoms with Gasteiger partial charge in [0.25, 0.3) is 0 Å². The van der Waals surface area contributed by atoms with Crippen molar-refractivity contribution in [3.05, 3.63) is 51.5 Å². The van der Waals surface area contributed by atoms with Gasteiger partial charge in [-0.1, -0.05) is 58.4 Å². The van der Waals surface area contributed by atoms with E-state index in [0.717, 1.165) is 56.1 Å².